The van der Waals surface area contributed by atoms with Crippen LogP contribution in [-0.2, 0) is 4.79 Å². The van der Waals surface area contributed by atoms with E-state index in [1.807, 2.05) is 18.7 Å². The van der Waals surface area contributed by atoms with Crippen molar-refractivity contribution in [3.63, 3.8) is 0 Å². The summed E-state index contributed by atoms with van der Waals surface area (Å²) in [6.07, 6.45) is 2.14. The lowest BCUT2D eigenvalue weighted by molar-refractivity contribution is -0.133. The first-order valence-electron chi connectivity index (χ1n) is 7.32. The van der Waals surface area contributed by atoms with Gasteiger partial charge in [0.05, 0.1) is 5.54 Å². The number of amides is 1. The van der Waals surface area contributed by atoms with Crippen LogP contribution >= 0.6 is 23.1 Å². The second-order valence-corrected chi connectivity index (χ2v) is 7.91. The van der Waals surface area contributed by atoms with Gasteiger partial charge in [-0.05, 0) is 59.6 Å². The molecule has 3 heterocycles. The SMILES string of the molecule is CCC1(C)NC(c2ccsc2)N(CC2CCSC2)C1=O. The van der Waals surface area contributed by atoms with Gasteiger partial charge in [0.2, 0.25) is 5.91 Å². The molecule has 110 valence electrons. The molecule has 3 nitrogen and oxygen atoms in total. The number of nitrogens with one attached hydrogen (secondary N) is 1. The van der Waals surface area contributed by atoms with E-state index >= 15 is 0 Å². The van der Waals surface area contributed by atoms with Gasteiger partial charge in [-0.15, -0.1) is 0 Å². The Balaban J connectivity index is 1.84. The van der Waals surface area contributed by atoms with Crippen molar-refractivity contribution in [1.29, 1.82) is 0 Å². The Labute approximate surface area is 129 Å². The lowest BCUT2D eigenvalue weighted by Gasteiger charge is -2.26. The van der Waals surface area contributed by atoms with Crippen molar-refractivity contribution in [2.45, 2.75) is 38.4 Å². The van der Waals surface area contributed by atoms with Gasteiger partial charge in [-0.1, -0.05) is 6.92 Å². The Morgan fingerprint density at radius 3 is 3.00 bits per heavy atom. The minimum Gasteiger partial charge on any atom is -0.321 e. The summed E-state index contributed by atoms with van der Waals surface area (Å²) in [6.45, 7) is 5.03. The second kappa shape index (κ2) is 5.70. The summed E-state index contributed by atoms with van der Waals surface area (Å²) < 4.78 is 0. The number of carbonyl (C=O) groups excluding carboxylic acids is 1. The van der Waals surface area contributed by atoms with Crippen LogP contribution in [0.5, 0.6) is 0 Å². The quantitative estimate of drug-likeness (QED) is 0.927. The molecule has 0 aliphatic carbocycles. The Kier molecular flexibility index (Phi) is 4.11. The van der Waals surface area contributed by atoms with Crippen LogP contribution in [0.2, 0.25) is 0 Å². The van der Waals surface area contributed by atoms with E-state index in [1.165, 1.54) is 23.5 Å². The van der Waals surface area contributed by atoms with Crippen LogP contribution in [0.4, 0.5) is 0 Å². The molecule has 0 saturated carbocycles. The predicted molar refractivity (Wildman–Crippen MR) is 86.0 cm³/mol. The van der Waals surface area contributed by atoms with Crippen molar-refractivity contribution >= 4 is 29.0 Å². The van der Waals surface area contributed by atoms with Crippen molar-refractivity contribution in [3.05, 3.63) is 22.4 Å². The van der Waals surface area contributed by atoms with E-state index in [0.717, 1.165) is 13.0 Å². The molecule has 0 spiro atoms. The number of thiophene rings is 1. The van der Waals surface area contributed by atoms with Gasteiger partial charge in [0, 0.05) is 6.54 Å². The van der Waals surface area contributed by atoms with Crippen LogP contribution in [0.3, 0.4) is 0 Å². The molecule has 20 heavy (non-hydrogen) atoms. The van der Waals surface area contributed by atoms with Crippen LogP contribution in [0.1, 0.15) is 38.4 Å². The highest BCUT2D eigenvalue weighted by molar-refractivity contribution is 7.99. The largest absolute Gasteiger partial charge is 0.321 e. The summed E-state index contributed by atoms with van der Waals surface area (Å²) in [6, 6.07) is 2.13. The van der Waals surface area contributed by atoms with Crippen LogP contribution < -0.4 is 5.32 Å². The summed E-state index contributed by atoms with van der Waals surface area (Å²) in [5.74, 6) is 3.37. The minimum atomic E-state index is -0.404. The molecule has 2 saturated heterocycles. The molecule has 1 aromatic heterocycles. The van der Waals surface area contributed by atoms with E-state index in [4.69, 9.17) is 0 Å². The predicted octanol–water partition coefficient (Wildman–Crippen LogP) is 3.10. The van der Waals surface area contributed by atoms with Crippen molar-refractivity contribution in [1.82, 2.24) is 10.2 Å². The first kappa shape index (κ1) is 14.4. The normalized spacial score (nSPS) is 34.1. The molecule has 2 aliphatic rings. The summed E-state index contributed by atoms with van der Waals surface area (Å²) in [4.78, 5) is 14.9. The van der Waals surface area contributed by atoms with Crippen LogP contribution in [0.25, 0.3) is 0 Å². The zero-order chi connectivity index (χ0) is 14.2. The maximum Gasteiger partial charge on any atom is 0.244 e. The Morgan fingerprint density at radius 1 is 1.55 bits per heavy atom. The highest BCUT2D eigenvalue weighted by Gasteiger charge is 2.47. The van der Waals surface area contributed by atoms with Crippen LogP contribution in [0, 0.1) is 5.92 Å². The third-order valence-corrected chi connectivity index (χ3v) is 6.48. The van der Waals surface area contributed by atoms with E-state index < -0.39 is 5.54 Å². The van der Waals surface area contributed by atoms with Crippen LogP contribution in [0.15, 0.2) is 16.8 Å². The Morgan fingerprint density at radius 2 is 2.40 bits per heavy atom. The van der Waals surface area contributed by atoms with E-state index in [0.29, 0.717) is 5.92 Å². The van der Waals surface area contributed by atoms with E-state index in [-0.39, 0.29) is 12.1 Å². The third kappa shape index (κ3) is 2.51. The molecule has 3 atom stereocenters. The van der Waals surface area contributed by atoms with Crippen LogP contribution in [-0.4, -0.2) is 34.4 Å². The molecule has 1 aromatic rings. The lowest BCUT2D eigenvalue weighted by Crippen LogP contribution is -2.43. The zero-order valence-electron chi connectivity index (χ0n) is 12.1. The molecule has 5 heteroatoms. The van der Waals surface area contributed by atoms with Gasteiger partial charge in [-0.2, -0.15) is 23.1 Å². The van der Waals surface area contributed by atoms with Gasteiger partial charge in [0.1, 0.15) is 6.17 Å². The van der Waals surface area contributed by atoms with Crippen molar-refractivity contribution in [3.8, 4) is 0 Å². The topological polar surface area (TPSA) is 32.3 Å². The Hall–Kier alpha value is -0.520. The average molecular weight is 310 g/mol. The standard InChI is InChI=1S/C15H22N2OS2/c1-3-15(2)14(18)17(8-11-4-6-19-9-11)13(16-15)12-5-7-20-10-12/h5,7,10-11,13,16H,3-4,6,8-9H2,1-2H3. The average Bonchev–Trinajstić information content (AvgIpc) is 3.16. The number of hydrogen-bond acceptors (Lipinski definition) is 4. The van der Waals surface area contributed by atoms with Gasteiger partial charge in [0.25, 0.3) is 0 Å². The number of hydrogen-bond donors (Lipinski definition) is 1. The molecule has 3 rings (SSSR count). The highest BCUT2D eigenvalue weighted by Crippen LogP contribution is 2.35. The molecule has 0 radical (unpaired) electrons. The molecular weight excluding hydrogens is 288 g/mol. The number of nitrogens with zero attached hydrogens (tertiary/aromatic N) is 1. The zero-order valence-corrected chi connectivity index (χ0v) is 13.7. The summed E-state index contributed by atoms with van der Waals surface area (Å²) in [5, 5.41) is 7.81. The van der Waals surface area contributed by atoms with Gasteiger partial charge in [0.15, 0.2) is 0 Å². The minimum absolute atomic E-state index is 0.0595. The second-order valence-electron chi connectivity index (χ2n) is 5.98. The molecule has 0 aromatic carbocycles. The van der Waals surface area contributed by atoms with Gasteiger partial charge in [-0.3, -0.25) is 10.1 Å². The number of carbonyl (C=O) groups is 1. The fourth-order valence-electron chi connectivity index (χ4n) is 3.02. The van der Waals surface area contributed by atoms with Crippen molar-refractivity contribution in [2.24, 2.45) is 5.92 Å². The molecule has 1 N–H and O–H groups in total. The van der Waals surface area contributed by atoms with Gasteiger partial charge >= 0.3 is 0 Å². The number of thioether (sulfide) groups is 1. The molecule has 2 fully saturated rings. The fraction of sp³-hybridized carbons (Fsp3) is 0.667. The summed E-state index contributed by atoms with van der Waals surface area (Å²) in [5.41, 5.74) is 0.824. The van der Waals surface area contributed by atoms with Crippen molar-refractivity contribution in [2.75, 3.05) is 18.1 Å². The Bertz CT molecular complexity index is 470. The fourth-order valence-corrected chi connectivity index (χ4v) is 4.97. The first-order valence-corrected chi connectivity index (χ1v) is 9.42. The first-order chi connectivity index (χ1) is 9.64. The monoisotopic (exact) mass is 310 g/mol. The van der Waals surface area contributed by atoms with E-state index in [9.17, 15) is 4.79 Å². The maximum atomic E-state index is 12.8. The summed E-state index contributed by atoms with van der Waals surface area (Å²) in [7, 11) is 0. The van der Waals surface area contributed by atoms with Crippen molar-refractivity contribution < 1.29 is 4.79 Å². The van der Waals surface area contributed by atoms with E-state index in [1.54, 1.807) is 11.3 Å². The lowest BCUT2D eigenvalue weighted by atomic mass is 9.99. The number of rotatable bonds is 4. The molecular formula is C15H22N2OS2. The molecule has 2 aliphatic heterocycles. The maximum absolute atomic E-state index is 12.8. The molecule has 1 amide bonds. The summed E-state index contributed by atoms with van der Waals surface area (Å²) >= 11 is 3.71. The third-order valence-electron chi connectivity index (χ3n) is 4.54. The van der Waals surface area contributed by atoms with Gasteiger partial charge < -0.3 is 4.90 Å². The molecule has 3 unspecified atom stereocenters. The molecule has 0 bridgehead atoms. The van der Waals surface area contributed by atoms with Gasteiger partial charge in [-0.25, -0.2) is 0 Å². The highest BCUT2D eigenvalue weighted by atomic mass is 32.2. The van der Waals surface area contributed by atoms with E-state index in [2.05, 4.69) is 34.0 Å². The smallest absolute Gasteiger partial charge is 0.244 e.